The third-order valence-electron chi connectivity index (χ3n) is 13.7. The van der Waals surface area contributed by atoms with Gasteiger partial charge in [-0.1, -0.05) is 50.6 Å². The molecule has 4 N–H and O–H groups in total. The van der Waals surface area contributed by atoms with Crippen molar-refractivity contribution in [1.29, 1.82) is 0 Å². The summed E-state index contributed by atoms with van der Waals surface area (Å²) in [6.45, 7) is 12.4. The summed E-state index contributed by atoms with van der Waals surface area (Å²) in [7, 11) is 1.15. The maximum absolute atomic E-state index is 14.9. The molecule has 0 aromatic carbocycles. The molecule has 1 saturated carbocycles. The van der Waals surface area contributed by atoms with E-state index in [1.54, 1.807) is 26.8 Å². The molecule has 306 valence electrons. The van der Waals surface area contributed by atoms with Gasteiger partial charge in [-0.25, -0.2) is 9.59 Å². The van der Waals surface area contributed by atoms with Crippen LogP contribution in [0.5, 0.6) is 0 Å². The van der Waals surface area contributed by atoms with Crippen LogP contribution in [0.15, 0.2) is 58.4 Å². The molecule has 3 fully saturated rings. The Bertz CT molecular complexity index is 1830. The molecule has 2 heterocycles. The second-order valence-electron chi connectivity index (χ2n) is 17.2. The number of nitro groups is 1. The van der Waals surface area contributed by atoms with E-state index < -0.39 is 111 Å². The van der Waals surface area contributed by atoms with Crippen molar-refractivity contribution < 1.29 is 58.4 Å². The topological polar surface area (TPSA) is 221 Å². The Morgan fingerprint density at radius 3 is 2.43 bits per heavy atom. The molecule has 6 rings (SSSR count). The molecule has 1 unspecified atom stereocenters. The second kappa shape index (κ2) is 15.0. The quantitative estimate of drug-likeness (QED) is 0.0768. The molecule has 15 atom stereocenters. The number of allylic oxidation sites excluding steroid dienone is 3. The van der Waals surface area contributed by atoms with Crippen molar-refractivity contribution >= 4 is 24.1 Å². The van der Waals surface area contributed by atoms with Gasteiger partial charge in [0.15, 0.2) is 11.9 Å². The van der Waals surface area contributed by atoms with Gasteiger partial charge in [0.2, 0.25) is 11.3 Å². The first-order valence-electron chi connectivity index (χ1n) is 19.3. The summed E-state index contributed by atoms with van der Waals surface area (Å²) in [5.74, 6) is -5.13. The number of aldehydes is 1. The number of fused-ring (bicyclic) bond motifs is 4. The number of Topliss-reactive ketones (excluding diaryl/α,β-unsaturated/α-hetero) is 1. The number of hydrogen-bond donors (Lipinski definition) is 4. The fraction of sp³-hybridized carbons (Fsp3) is 0.659. The zero-order chi connectivity index (χ0) is 41.2. The Morgan fingerprint density at radius 1 is 1.09 bits per heavy atom. The number of nitrogens with zero attached hydrogens (tertiary/aromatic N) is 1. The van der Waals surface area contributed by atoms with E-state index in [1.165, 1.54) is 13.0 Å². The lowest BCUT2D eigenvalue weighted by Crippen LogP contribution is -2.65. The number of ketones is 1. The lowest BCUT2D eigenvalue weighted by Gasteiger charge is -2.55. The number of amides is 1. The van der Waals surface area contributed by atoms with Crippen molar-refractivity contribution in [2.24, 2.45) is 40.9 Å². The summed E-state index contributed by atoms with van der Waals surface area (Å²) in [6.07, 6.45) is 3.32. The number of alkyl carbamates (subject to hydrolysis) is 1. The van der Waals surface area contributed by atoms with E-state index in [0.717, 1.165) is 12.7 Å². The predicted molar refractivity (Wildman–Crippen MR) is 199 cm³/mol. The monoisotopic (exact) mass is 782 g/mol. The molecule has 4 aliphatic carbocycles. The number of carbonyl (C=O) groups excluding carboxylic acids is 4. The number of nitrogens with one attached hydrogen (secondary N) is 1. The van der Waals surface area contributed by atoms with E-state index in [9.17, 15) is 44.6 Å². The van der Waals surface area contributed by atoms with Gasteiger partial charge < -0.3 is 39.6 Å². The standard InChI is InChI=1S/C41H54N2O13/c1-19-9-12-29(55-30-17-39(6,43(51)52)34(23(5)54-30)42-38(50)53-8)20(2)14-27-28(45)15-24(18-44)16-41(27)36(48)31(37(49)56-41)35(47)40(7)26(19)11-10-25-32(40)21(3)13-22(4)33(25)46/h9-11,14-15,18,21-23,25-30,32-34,45-47H,12-13,16-17H2,1-8H3,(H,42,50)/b19-9-,20-14+,35-31+/t21-,22-,23+,25-,26-,27+,28-,29-,30-,32+,33-,34-,39-,40+,41?/m0/s1. The van der Waals surface area contributed by atoms with Gasteiger partial charge in [-0.3, -0.25) is 19.7 Å². The van der Waals surface area contributed by atoms with E-state index in [1.807, 2.05) is 39.0 Å². The summed E-state index contributed by atoms with van der Waals surface area (Å²) in [4.78, 5) is 65.3. The smallest absolute Gasteiger partial charge is 0.407 e. The van der Waals surface area contributed by atoms with Gasteiger partial charge >= 0.3 is 12.1 Å². The fourth-order valence-electron chi connectivity index (χ4n) is 10.8. The van der Waals surface area contributed by atoms with Crippen LogP contribution in [0.2, 0.25) is 0 Å². The van der Waals surface area contributed by atoms with Gasteiger partial charge in [-0.2, -0.15) is 0 Å². The van der Waals surface area contributed by atoms with Crippen LogP contribution in [0.25, 0.3) is 0 Å². The number of methoxy groups -OCH3 is 1. The molecule has 2 saturated heterocycles. The van der Waals surface area contributed by atoms with Crippen LogP contribution >= 0.6 is 0 Å². The van der Waals surface area contributed by atoms with Crippen molar-refractivity contribution in [3.05, 3.63) is 68.5 Å². The lowest BCUT2D eigenvalue weighted by atomic mass is 9.49. The predicted octanol–water partition coefficient (Wildman–Crippen LogP) is 4.21. The largest absolute Gasteiger partial charge is 0.511 e. The molecular weight excluding hydrogens is 728 g/mol. The highest BCUT2D eigenvalue weighted by atomic mass is 16.7. The first kappa shape index (κ1) is 41.5. The first-order chi connectivity index (χ1) is 26.2. The van der Waals surface area contributed by atoms with Crippen LogP contribution in [0.4, 0.5) is 4.79 Å². The number of ether oxygens (including phenoxy) is 4. The maximum atomic E-state index is 14.9. The normalized spacial score (nSPS) is 47.0. The highest BCUT2D eigenvalue weighted by Crippen LogP contribution is 2.60. The van der Waals surface area contributed by atoms with E-state index in [2.05, 4.69) is 5.32 Å². The van der Waals surface area contributed by atoms with Crippen LogP contribution in [-0.4, -0.2) is 99.4 Å². The first-order valence-corrected chi connectivity index (χ1v) is 19.3. The van der Waals surface area contributed by atoms with Crippen LogP contribution in [0.3, 0.4) is 0 Å². The lowest BCUT2D eigenvalue weighted by molar-refractivity contribution is -0.584. The Labute approximate surface area is 326 Å². The third kappa shape index (κ3) is 6.53. The Morgan fingerprint density at radius 2 is 1.79 bits per heavy atom. The molecule has 15 heteroatoms. The fourth-order valence-corrected chi connectivity index (χ4v) is 10.8. The van der Waals surface area contributed by atoms with Gasteiger partial charge in [-0.15, -0.1) is 0 Å². The highest BCUT2D eigenvalue weighted by molar-refractivity contribution is 6.26. The molecule has 56 heavy (non-hydrogen) atoms. The molecule has 1 amide bonds. The molecule has 1 spiro atoms. The molecule has 2 bridgehead atoms. The summed E-state index contributed by atoms with van der Waals surface area (Å²) >= 11 is 0. The number of aliphatic hydroxyl groups excluding tert-OH is 3. The average Bonchev–Trinajstić information content (AvgIpc) is 3.38. The van der Waals surface area contributed by atoms with Crippen molar-refractivity contribution in [3.8, 4) is 0 Å². The molecule has 2 aliphatic heterocycles. The molecular formula is C41H54N2O13. The summed E-state index contributed by atoms with van der Waals surface area (Å²) < 4.78 is 23.4. The molecule has 0 aromatic rings. The minimum atomic E-state index is -2.10. The summed E-state index contributed by atoms with van der Waals surface area (Å²) in [5.41, 5.74) is -4.40. The molecule has 6 aliphatic rings. The average molecular weight is 783 g/mol. The van der Waals surface area contributed by atoms with Crippen molar-refractivity contribution in [3.63, 3.8) is 0 Å². The van der Waals surface area contributed by atoms with Crippen molar-refractivity contribution in [2.45, 2.75) is 122 Å². The minimum Gasteiger partial charge on any atom is -0.511 e. The van der Waals surface area contributed by atoms with E-state index in [-0.39, 0.29) is 36.7 Å². The Balaban J connectivity index is 1.51. The highest BCUT2D eigenvalue weighted by Gasteiger charge is 2.64. The van der Waals surface area contributed by atoms with Crippen molar-refractivity contribution in [1.82, 2.24) is 5.32 Å². The number of hydrogen-bond acceptors (Lipinski definition) is 13. The third-order valence-corrected chi connectivity index (χ3v) is 13.7. The van der Waals surface area contributed by atoms with Gasteiger partial charge in [0, 0.05) is 35.5 Å². The number of aliphatic hydroxyl groups is 3. The minimum absolute atomic E-state index is 0.0397. The molecule has 0 radical (unpaired) electrons. The maximum Gasteiger partial charge on any atom is 0.407 e. The SMILES string of the molecule is COC(=O)N[C@H]1[C@@H](C)O[C@@H](O[C@H]2C/C=C(/C)[C@@H]3C=C[C@@H]4[C@@H](O)[C@@H](C)C[C@H](C)[C@H]4[C@]3(C)/C(O)=C3\C(=O)OC4(CC(C=O)=C[C@H](O)[C@H]4/C=C/2C)C3=O)C[C@]1(C)[N+](=O)[O-]. The zero-order valence-corrected chi connectivity index (χ0v) is 33.1. The Hall–Kier alpha value is -4.18. The van der Waals surface area contributed by atoms with Gasteiger partial charge in [0.1, 0.15) is 23.7 Å². The van der Waals surface area contributed by atoms with E-state index >= 15 is 0 Å². The molecule has 15 nitrogen and oxygen atoms in total. The number of esters is 1. The van der Waals surface area contributed by atoms with Crippen LogP contribution in [0.1, 0.15) is 74.1 Å². The number of rotatable bonds is 5. The van der Waals surface area contributed by atoms with Gasteiger partial charge in [0.05, 0.1) is 43.9 Å². The summed E-state index contributed by atoms with van der Waals surface area (Å²) in [5, 5.41) is 50.6. The number of carbonyl (C=O) groups is 4. The summed E-state index contributed by atoms with van der Waals surface area (Å²) in [6, 6.07) is -1.07. The van der Waals surface area contributed by atoms with Gasteiger partial charge in [0.25, 0.3) is 0 Å². The van der Waals surface area contributed by atoms with E-state index in [0.29, 0.717) is 18.3 Å². The van der Waals surface area contributed by atoms with Crippen LogP contribution in [-0.2, 0) is 33.3 Å². The van der Waals surface area contributed by atoms with Crippen LogP contribution in [0, 0.1) is 51.0 Å². The molecule has 0 aromatic heterocycles. The van der Waals surface area contributed by atoms with E-state index in [4.69, 9.17) is 18.9 Å². The Kier molecular flexibility index (Phi) is 11.1. The van der Waals surface area contributed by atoms with Gasteiger partial charge in [-0.05, 0) is 68.6 Å². The van der Waals surface area contributed by atoms with Crippen molar-refractivity contribution in [2.75, 3.05) is 7.11 Å². The zero-order valence-electron chi connectivity index (χ0n) is 33.1. The second-order valence-corrected chi connectivity index (χ2v) is 17.2. The van der Waals surface area contributed by atoms with Crippen LogP contribution < -0.4 is 5.32 Å².